The lowest BCUT2D eigenvalue weighted by Crippen LogP contribution is -2.15. The molecule has 3 rings (SSSR count). The van der Waals surface area contributed by atoms with Gasteiger partial charge in [-0.1, -0.05) is 22.5 Å². The molecule has 0 radical (unpaired) electrons. The van der Waals surface area contributed by atoms with Gasteiger partial charge < -0.3 is 0 Å². The summed E-state index contributed by atoms with van der Waals surface area (Å²) < 4.78 is 2.50. The van der Waals surface area contributed by atoms with Gasteiger partial charge in [0.2, 0.25) is 4.77 Å². The van der Waals surface area contributed by atoms with E-state index in [1.807, 2.05) is 4.68 Å². The Balaban J connectivity index is 2.00. The summed E-state index contributed by atoms with van der Waals surface area (Å²) in [7, 11) is 0. The average molecular weight is 194 g/mol. The van der Waals surface area contributed by atoms with E-state index in [4.69, 9.17) is 12.2 Å². The molecule has 4 nitrogen and oxygen atoms in total. The largest absolute Gasteiger partial charge is 0.239 e. The van der Waals surface area contributed by atoms with Gasteiger partial charge in [0.15, 0.2) is 0 Å². The summed E-state index contributed by atoms with van der Waals surface area (Å²) in [6.07, 6.45) is 7.06. The molecule has 1 saturated carbocycles. The van der Waals surface area contributed by atoms with Crippen molar-refractivity contribution in [2.75, 3.05) is 0 Å². The Labute approximate surface area is 80.6 Å². The summed E-state index contributed by atoms with van der Waals surface area (Å²) in [6, 6.07) is 0.470. The highest BCUT2D eigenvalue weighted by Crippen LogP contribution is 2.45. The quantitative estimate of drug-likeness (QED) is 0.544. The van der Waals surface area contributed by atoms with Gasteiger partial charge in [0.25, 0.3) is 0 Å². The summed E-state index contributed by atoms with van der Waals surface area (Å²) in [6.45, 7) is 0. The number of rotatable bonds is 1. The first-order valence-corrected chi connectivity index (χ1v) is 4.93. The topological polar surface area (TPSA) is 46.5 Å². The lowest BCUT2D eigenvalue weighted by atomic mass is 10.0. The Morgan fingerprint density at radius 1 is 1.46 bits per heavy atom. The third kappa shape index (κ3) is 0.997. The molecule has 0 saturated heterocycles. The molecule has 1 N–H and O–H groups in total. The Bertz CT molecular complexity index is 404. The van der Waals surface area contributed by atoms with Crippen LogP contribution in [0.1, 0.15) is 18.9 Å². The van der Waals surface area contributed by atoms with E-state index < -0.39 is 0 Å². The molecule has 2 bridgehead atoms. The number of nitrogens with zero attached hydrogens (tertiary/aromatic N) is 3. The number of tetrazole rings is 1. The van der Waals surface area contributed by atoms with Gasteiger partial charge in [0, 0.05) is 0 Å². The van der Waals surface area contributed by atoms with Crippen molar-refractivity contribution in [3.05, 3.63) is 16.9 Å². The fourth-order valence-electron chi connectivity index (χ4n) is 2.47. The summed E-state index contributed by atoms with van der Waals surface area (Å²) in [5.74, 6) is 1.39. The first-order chi connectivity index (χ1) is 6.34. The highest BCUT2D eigenvalue weighted by Gasteiger charge is 2.37. The number of allylic oxidation sites excluding steroid dienone is 2. The summed E-state index contributed by atoms with van der Waals surface area (Å²) >= 11 is 5.07. The van der Waals surface area contributed by atoms with Crippen LogP contribution in [0.3, 0.4) is 0 Å². The number of aromatic amines is 1. The van der Waals surface area contributed by atoms with Gasteiger partial charge in [0.1, 0.15) is 0 Å². The number of H-pyrrole nitrogens is 1. The van der Waals surface area contributed by atoms with Crippen LogP contribution < -0.4 is 0 Å². The molecule has 1 aromatic heterocycles. The van der Waals surface area contributed by atoms with Crippen LogP contribution in [0.5, 0.6) is 0 Å². The SMILES string of the molecule is S=c1nn[nH]n1[C@@H]1C[C@@H]2C=C[C@H]1C2. The Morgan fingerprint density at radius 2 is 2.38 bits per heavy atom. The lowest BCUT2D eigenvalue weighted by molar-refractivity contribution is 0.382. The van der Waals surface area contributed by atoms with Gasteiger partial charge in [-0.15, -0.1) is 0 Å². The maximum Gasteiger partial charge on any atom is 0.238 e. The summed E-state index contributed by atoms with van der Waals surface area (Å²) in [5, 5.41) is 10.4. The van der Waals surface area contributed by atoms with E-state index >= 15 is 0 Å². The van der Waals surface area contributed by atoms with Gasteiger partial charge in [-0.2, -0.15) is 5.21 Å². The molecule has 1 heterocycles. The van der Waals surface area contributed by atoms with Crippen molar-refractivity contribution in [3.63, 3.8) is 0 Å². The zero-order valence-electron chi connectivity index (χ0n) is 7.05. The molecule has 13 heavy (non-hydrogen) atoms. The second kappa shape index (κ2) is 2.51. The fraction of sp³-hybridized carbons (Fsp3) is 0.625. The molecule has 2 aliphatic rings. The van der Waals surface area contributed by atoms with Crippen LogP contribution >= 0.6 is 12.2 Å². The van der Waals surface area contributed by atoms with Gasteiger partial charge in [-0.3, -0.25) is 0 Å². The molecule has 68 valence electrons. The van der Waals surface area contributed by atoms with Gasteiger partial charge >= 0.3 is 0 Å². The molecule has 5 heteroatoms. The van der Waals surface area contributed by atoms with E-state index in [0.29, 0.717) is 16.7 Å². The molecule has 0 aromatic carbocycles. The van der Waals surface area contributed by atoms with Crippen LogP contribution in [0.4, 0.5) is 0 Å². The number of fused-ring (bicyclic) bond motifs is 2. The van der Waals surface area contributed by atoms with Crippen molar-refractivity contribution in [1.82, 2.24) is 20.2 Å². The van der Waals surface area contributed by atoms with E-state index in [-0.39, 0.29) is 0 Å². The number of aromatic nitrogens is 4. The van der Waals surface area contributed by atoms with E-state index in [2.05, 4.69) is 27.7 Å². The number of hydrogen-bond donors (Lipinski definition) is 1. The van der Waals surface area contributed by atoms with Crippen molar-refractivity contribution in [3.8, 4) is 0 Å². The summed E-state index contributed by atoms with van der Waals surface area (Å²) in [4.78, 5) is 0. The zero-order valence-corrected chi connectivity index (χ0v) is 7.87. The second-order valence-corrected chi connectivity index (χ2v) is 4.17. The molecular weight excluding hydrogens is 184 g/mol. The van der Waals surface area contributed by atoms with E-state index in [0.717, 1.165) is 5.92 Å². The fourth-order valence-corrected chi connectivity index (χ4v) is 2.69. The zero-order chi connectivity index (χ0) is 8.84. The van der Waals surface area contributed by atoms with E-state index in [1.54, 1.807) is 0 Å². The van der Waals surface area contributed by atoms with Crippen LogP contribution in [0.15, 0.2) is 12.2 Å². The van der Waals surface area contributed by atoms with Crippen LogP contribution in [-0.2, 0) is 0 Å². The molecule has 0 unspecified atom stereocenters. The van der Waals surface area contributed by atoms with Crippen molar-refractivity contribution >= 4 is 12.2 Å². The van der Waals surface area contributed by atoms with Gasteiger partial charge in [0.05, 0.1) is 6.04 Å². The lowest BCUT2D eigenvalue weighted by Gasteiger charge is -2.17. The molecule has 0 spiro atoms. The minimum absolute atomic E-state index is 0.470. The third-order valence-electron chi connectivity index (χ3n) is 3.07. The predicted molar refractivity (Wildman–Crippen MR) is 49.6 cm³/mol. The molecule has 0 aliphatic heterocycles. The van der Waals surface area contributed by atoms with Crippen molar-refractivity contribution in [1.29, 1.82) is 0 Å². The van der Waals surface area contributed by atoms with E-state index in [9.17, 15) is 0 Å². The normalized spacial score (nSPS) is 35.8. The molecule has 0 amide bonds. The molecule has 3 atom stereocenters. The predicted octanol–water partition coefficient (Wildman–Crippen LogP) is 1.47. The van der Waals surface area contributed by atoms with Gasteiger partial charge in [-0.25, -0.2) is 4.68 Å². The highest BCUT2D eigenvalue weighted by atomic mass is 32.1. The smallest absolute Gasteiger partial charge is 0.238 e. The Kier molecular flexibility index (Phi) is 1.44. The van der Waals surface area contributed by atoms with Gasteiger partial charge in [-0.05, 0) is 36.9 Å². The summed E-state index contributed by atoms with van der Waals surface area (Å²) in [5.41, 5.74) is 0. The minimum Gasteiger partial charge on any atom is -0.239 e. The van der Waals surface area contributed by atoms with Crippen LogP contribution in [-0.4, -0.2) is 20.2 Å². The van der Waals surface area contributed by atoms with Crippen molar-refractivity contribution in [2.45, 2.75) is 18.9 Å². The Morgan fingerprint density at radius 3 is 2.92 bits per heavy atom. The first kappa shape index (κ1) is 7.44. The highest BCUT2D eigenvalue weighted by molar-refractivity contribution is 7.71. The molecule has 1 aromatic rings. The first-order valence-electron chi connectivity index (χ1n) is 4.52. The van der Waals surface area contributed by atoms with Crippen LogP contribution in [0.2, 0.25) is 0 Å². The standard InChI is InChI=1S/C8H10N4S/c13-8-9-10-11-12(8)7-4-5-1-2-6(7)3-5/h1-2,5-7H,3-4H2,(H,9,11,13)/t5-,6+,7-/m1/s1. The number of nitrogens with one attached hydrogen (secondary N) is 1. The third-order valence-corrected chi connectivity index (χ3v) is 3.35. The molecule has 1 fully saturated rings. The van der Waals surface area contributed by atoms with Crippen LogP contribution in [0, 0.1) is 16.6 Å². The number of hydrogen-bond acceptors (Lipinski definition) is 3. The Hall–Kier alpha value is -0.970. The minimum atomic E-state index is 0.470. The monoisotopic (exact) mass is 194 g/mol. The average Bonchev–Trinajstić information content (AvgIpc) is 2.77. The maximum absolute atomic E-state index is 5.07. The molecule has 2 aliphatic carbocycles. The second-order valence-electron chi connectivity index (χ2n) is 3.80. The maximum atomic E-state index is 5.07. The van der Waals surface area contributed by atoms with Crippen molar-refractivity contribution in [2.24, 2.45) is 11.8 Å². The van der Waals surface area contributed by atoms with Crippen LogP contribution in [0.25, 0.3) is 0 Å². The van der Waals surface area contributed by atoms with E-state index in [1.165, 1.54) is 12.8 Å². The molecular formula is C8H10N4S. The van der Waals surface area contributed by atoms with Crippen molar-refractivity contribution < 1.29 is 0 Å².